The summed E-state index contributed by atoms with van der Waals surface area (Å²) in [6, 6.07) is 24.7. The molecule has 4 aromatic rings. The Labute approximate surface area is 177 Å². The van der Waals surface area contributed by atoms with Crippen molar-refractivity contribution in [2.45, 2.75) is 26.7 Å². The van der Waals surface area contributed by atoms with Crippen LogP contribution in [0.15, 0.2) is 84.9 Å². The predicted octanol–water partition coefficient (Wildman–Crippen LogP) is 7.70. The van der Waals surface area contributed by atoms with Gasteiger partial charge in [0.05, 0.1) is 0 Å². The van der Waals surface area contributed by atoms with E-state index in [2.05, 4.69) is 62.4 Å². The molecule has 0 fully saturated rings. The second-order valence-corrected chi connectivity index (χ2v) is 7.78. The summed E-state index contributed by atoms with van der Waals surface area (Å²) >= 11 is 0. The van der Waals surface area contributed by atoms with Crippen LogP contribution >= 0.6 is 0 Å². The number of para-hydroxylation sites is 2. The highest BCUT2D eigenvalue weighted by Crippen LogP contribution is 2.46. The summed E-state index contributed by atoms with van der Waals surface area (Å²) in [7, 11) is 0. The van der Waals surface area contributed by atoms with Gasteiger partial charge >= 0.3 is 0 Å². The largest absolute Gasteiger partial charge is 0.456 e. The van der Waals surface area contributed by atoms with E-state index in [1.165, 1.54) is 11.1 Å². The van der Waals surface area contributed by atoms with Gasteiger partial charge in [-0.2, -0.15) is 0 Å². The lowest BCUT2D eigenvalue weighted by molar-refractivity contribution is 0.465. The first-order chi connectivity index (χ1) is 14.7. The van der Waals surface area contributed by atoms with Gasteiger partial charge in [0.15, 0.2) is 0 Å². The maximum Gasteiger partial charge on any atom is 0.139 e. The van der Waals surface area contributed by atoms with Crippen LogP contribution in [0.2, 0.25) is 0 Å². The Morgan fingerprint density at radius 2 is 0.933 bits per heavy atom. The van der Waals surface area contributed by atoms with Crippen molar-refractivity contribution in [2.24, 2.45) is 0 Å². The minimum Gasteiger partial charge on any atom is -0.456 e. The van der Waals surface area contributed by atoms with Gasteiger partial charge in [-0.05, 0) is 49.9 Å². The summed E-state index contributed by atoms with van der Waals surface area (Å²) < 4.78 is 13.1. The van der Waals surface area contributed by atoms with Crippen LogP contribution in [0.1, 0.15) is 22.3 Å². The molecule has 0 heterocycles. The normalized spacial score (nSPS) is 12.6. The quantitative estimate of drug-likeness (QED) is 0.331. The van der Waals surface area contributed by atoms with Gasteiger partial charge in [-0.15, -0.1) is 0 Å². The van der Waals surface area contributed by atoms with Crippen LogP contribution < -0.4 is 9.47 Å². The summed E-state index contributed by atoms with van der Waals surface area (Å²) in [5, 5.41) is 2.16. The highest BCUT2D eigenvalue weighted by molar-refractivity contribution is 5.97. The van der Waals surface area contributed by atoms with E-state index in [1.54, 1.807) is 0 Å². The zero-order valence-corrected chi connectivity index (χ0v) is 17.3. The molecular weight excluding hydrogens is 368 g/mol. The number of allylic oxidation sites excluding steroid dienone is 2. The first-order valence-corrected chi connectivity index (χ1v) is 10.4. The van der Waals surface area contributed by atoms with E-state index in [9.17, 15) is 0 Å². The molecule has 30 heavy (non-hydrogen) atoms. The fourth-order valence-electron chi connectivity index (χ4n) is 4.11. The third kappa shape index (κ3) is 3.25. The monoisotopic (exact) mass is 392 g/mol. The lowest BCUT2D eigenvalue weighted by Gasteiger charge is -2.24. The van der Waals surface area contributed by atoms with Gasteiger partial charge < -0.3 is 9.47 Å². The maximum atomic E-state index is 6.56. The van der Waals surface area contributed by atoms with Crippen molar-refractivity contribution in [1.82, 2.24) is 0 Å². The minimum atomic E-state index is 0.839. The third-order valence-electron chi connectivity index (χ3n) is 5.75. The highest BCUT2D eigenvalue weighted by atomic mass is 16.5. The smallest absolute Gasteiger partial charge is 0.139 e. The Bertz CT molecular complexity index is 1170. The fraction of sp³-hybridized carbons (Fsp3) is 0.143. The molecule has 148 valence electrons. The molecule has 0 spiro atoms. The lowest BCUT2D eigenvalue weighted by atomic mass is 9.90. The second-order valence-electron chi connectivity index (χ2n) is 7.78. The molecule has 0 saturated carbocycles. The number of fused-ring (bicyclic) bond motifs is 2. The molecule has 1 aliphatic carbocycles. The molecular formula is C28H24O2. The molecule has 0 atom stereocenters. The van der Waals surface area contributed by atoms with Crippen molar-refractivity contribution in [3.8, 4) is 23.0 Å². The maximum absolute atomic E-state index is 6.56. The molecule has 0 aliphatic heterocycles. The average Bonchev–Trinajstić information content (AvgIpc) is 2.78. The highest BCUT2D eigenvalue weighted by Gasteiger charge is 2.23. The van der Waals surface area contributed by atoms with Gasteiger partial charge in [0.1, 0.15) is 23.0 Å². The van der Waals surface area contributed by atoms with E-state index >= 15 is 0 Å². The van der Waals surface area contributed by atoms with Crippen molar-refractivity contribution >= 4 is 10.8 Å². The van der Waals surface area contributed by atoms with Crippen molar-refractivity contribution in [3.05, 3.63) is 107 Å². The van der Waals surface area contributed by atoms with Crippen LogP contribution in [0.4, 0.5) is 0 Å². The Hall–Kier alpha value is -3.52. The van der Waals surface area contributed by atoms with Crippen molar-refractivity contribution in [3.63, 3.8) is 0 Å². The first kappa shape index (κ1) is 18.5. The zero-order chi connectivity index (χ0) is 20.5. The van der Waals surface area contributed by atoms with Gasteiger partial charge in [-0.3, -0.25) is 0 Å². The molecule has 1 aliphatic rings. The number of benzene rings is 4. The van der Waals surface area contributed by atoms with Gasteiger partial charge in [-0.25, -0.2) is 0 Å². The molecule has 2 heteroatoms. The Morgan fingerprint density at radius 1 is 0.533 bits per heavy atom. The summed E-state index contributed by atoms with van der Waals surface area (Å²) in [4.78, 5) is 0. The van der Waals surface area contributed by atoms with Gasteiger partial charge in [-0.1, -0.05) is 72.8 Å². The molecule has 0 N–H and O–H groups in total. The fourth-order valence-corrected chi connectivity index (χ4v) is 4.11. The molecule has 2 nitrogen and oxygen atoms in total. The molecule has 0 aromatic heterocycles. The summed E-state index contributed by atoms with van der Waals surface area (Å²) in [6.07, 6.45) is 6.12. The average molecular weight is 392 g/mol. The lowest BCUT2D eigenvalue weighted by Crippen LogP contribution is -2.05. The van der Waals surface area contributed by atoms with E-state index in [0.29, 0.717) is 0 Å². The molecule has 4 aromatic carbocycles. The predicted molar refractivity (Wildman–Crippen MR) is 123 cm³/mol. The molecule has 0 saturated heterocycles. The second kappa shape index (κ2) is 7.72. The Balaban J connectivity index is 1.73. The Kier molecular flexibility index (Phi) is 4.76. The minimum absolute atomic E-state index is 0.839. The zero-order valence-electron chi connectivity index (χ0n) is 17.3. The molecule has 0 radical (unpaired) electrons. The number of hydrogen-bond donors (Lipinski definition) is 0. The van der Waals surface area contributed by atoms with Crippen LogP contribution in [0.5, 0.6) is 23.0 Å². The molecule has 0 unspecified atom stereocenters. The SMILES string of the molecule is Cc1ccccc1Oc1c2c(c(Oc3ccccc3C)c3ccccc13)CC=CC2. The van der Waals surface area contributed by atoms with Gasteiger partial charge in [0, 0.05) is 21.9 Å². The standard InChI is InChI=1S/C28H24O2/c1-19-11-3-9-17-25(19)29-27-21-13-5-7-15-23(21)28(24-16-8-6-14-22(24)27)30-26-18-10-4-12-20(26)2/h3-13,15,17-18H,14,16H2,1-2H3. The number of aryl methyl sites for hydroxylation is 2. The van der Waals surface area contributed by atoms with E-state index in [4.69, 9.17) is 9.47 Å². The van der Waals surface area contributed by atoms with Crippen molar-refractivity contribution in [1.29, 1.82) is 0 Å². The van der Waals surface area contributed by atoms with Crippen molar-refractivity contribution in [2.75, 3.05) is 0 Å². The number of hydrogen-bond acceptors (Lipinski definition) is 2. The van der Waals surface area contributed by atoms with Crippen LogP contribution in [-0.2, 0) is 12.8 Å². The summed E-state index contributed by atoms with van der Waals surface area (Å²) in [5.74, 6) is 3.67. The van der Waals surface area contributed by atoms with Crippen LogP contribution in [0, 0.1) is 13.8 Å². The third-order valence-corrected chi connectivity index (χ3v) is 5.75. The molecule has 0 bridgehead atoms. The number of rotatable bonds is 4. The van der Waals surface area contributed by atoms with Gasteiger partial charge in [0.2, 0.25) is 0 Å². The van der Waals surface area contributed by atoms with E-state index in [0.717, 1.165) is 57.7 Å². The van der Waals surface area contributed by atoms with Crippen molar-refractivity contribution < 1.29 is 9.47 Å². The number of ether oxygens (including phenoxy) is 2. The summed E-state index contributed by atoms with van der Waals surface area (Å²) in [5.41, 5.74) is 4.68. The van der Waals surface area contributed by atoms with E-state index in [1.807, 2.05) is 36.4 Å². The van der Waals surface area contributed by atoms with Crippen LogP contribution in [0.25, 0.3) is 10.8 Å². The first-order valence-electron chi connectivity index (χ1n) is 10.4. The topological polar surface area (TPSA) is 18.5 Å². The van der Waals surface area contributed by atoms with E-state index in [-0.39, 0.29) is 0 Å². The Morgan fingerprint density at radius 3 is 1.37 bits per heavy atom. The molecule has 5 rings (SSSR count). The van der Waals surface area contributed by atoms with Crippen LogP contribution in [-0.4, -0.2) is 0 Å². The van der Waals surface area contributed by atoms with E-state index < -0.39 is 0 Å². The summed E-state index contributed by atoms with van der Waals surface area (Å²) in [6.45, 7) is 4.17. The molecule has 0 amide bonds. The van der Waals surface area contributed by atoms with Gasteiger partial charge in [0.25, 0.3) is 0 Å². The van der Waals surface area contributed by atoms with Crippen LogP contribution in [0.3, 0.4) is 0 Å².